The van der Waals surface area contributed by atoms with E-state index in [0.717, 1.165) is 11.4 Å². The van der Waals surface area contributed by atoms with Gasteiger partial charge in [0.05, 0.1) is 29.2 Å². The summed E-state index contributed by atoms with van der Waals surface area (Å²) in [5, 5.41) is 3.63. The van der Waals surface area contributed by atoms with Crippen molar-refractivity contribution >= 4 is 23.2 Å². The van der Waals surface area contributed by atoms with E-state index < -0.39 is 5.91 Å². The molecule has 0 spiro atoms. The second kappa shape index (κ2) is 5.17. The molecule has 0 atom stereocenters. The first-order valence-corrected chi connectivity index (χ1v) is 6.87. The molecule has 0 aliphatic heterocycles. The van der Waals surface area contributed by atoms with Gasteiger partial charge in [-0.15, -0.1) is 0 Å². The molecule has 1 aromatic heterocycles. The Balaban J connectivity index is 1.73. The fourth-order valence-electron chi connectivity index (χ4n) is 2.17. The summed E-state index contributed by atoms with van der Waals surface area (Å²) in [6.45, 7) is 0.649. The molecule has 5 nitrogen and oxygen atoms in total. The number of amides is 1. The van der Waals surface area contributed by atoms with Gasteiger partial charge in [-0.3, -0.25) is 4.79 Å². The highest BCUT2D eigenvalue weighted by molar-refractivity contribution is 6.33. The van der Waals surface area contributed by atoms with Crippen molar-refractivity contribution in [3.8, 4) is 0 Å². The van der Waals surface area contributed by atoms with E-state index in [9.17, 15) is 4.79 Å². The number of primary amides is 1. The normalized spacial score (nSPS) is 14.2. The number of benzene rings is 1. The zero-order valence-corrected chi connectivity index (χ0v) is 11.6. The predicted molar refractivity (Wildman–Crippen MR) is 77.8 cm³/mol. The maximum Gasteiger partial charge on any atom is 0.250 e. The third-order valence-electron chi connectivity index (χ3n) is 3.39. The van der Waals surface area contributed by atoms with Crippen LogP contribution in [-0.2, 0) is 6.54 Å². The van der Waals surface area contributed by atoms with Gasteiger partial charge < -0.3 is 15.6 Å². The Bertz CT molecular complexity index is 648. The van der Waals surface area contributed by atoms with Gasteiger partial charge in [-0.2, -0.15) is 0 Å². The first kappa shape index (κ1) is 13.0. The van der Waals surface area contributed by atoms with Gasteiger partial charge in [-0.05, 0) is 31.0 Å². The van der Waals surface area contributed by atoms with Crippen molar-refractivity contribution in [1.29, 1.82) is 0 Å². The first-order valence-electron chi connectivity index (χ1n) is 6.49. The van der Waals surface area contributed by atoms with Crippen LogP contribution in [0.5, 0.6) is 0 Å². The van der Waals surface area contributed by atoms with Gasteiger partial charge in [-0.1, -0.05) is 11.6 Å². The quantitative estimate of drug-likeness (QED) is 0.889. The molecule has 1 amide bonds. The fraction of sp³-hybridized carbons (Fsp3) is 0.286. The lowest BCUT2D eigenvalue weighted by atomic mass is 10.2. The summed E-state index contributed by atoms with van der Waals surface area (Å²) < 4.78 is 2.19. The summed E-state index contributed by atoms with van der Waals surface area (Å²) in [4.78, 5) is 15.4. The maximum atomic E-state index is 11.3. The SMILES string of the molecule is NC(=O)c1cc(NCc2cncn2C2CC2)ccc1Cl. The molecule has 1 heterocycles. The molecule has 2 aromatic rings. The van der Waals surface area contributed by atoms with Crippen molar-refractivity contribution in [2.75, 3.05) is 5.32 Å². The average molecular weight is 291 g/mol. The minimum atomic E-state index is -0.526. The summed E-state index contributed by atoms with van der Waals surface area (Å²) in [7, 11) is 0. The van der Waals surface area contributed by atoms with Gasteiger partial charge in [0.15, 0.2) is 0 Å². The number of anilines is 1. The molecule has 1 aromatic carbocycles. The minimum absolute atomic E-state index is 0.326. The monoisotopic (exact) mass is 290 g/mol. The van der Waals surface area contributed by atoms with E-state index >= 15 is 0 Å². The van der Waals surface area contributed by atoms with Gasteiger partial charge in [0.25, 0.3) is 0 Å². The Morgan fingerprint density at radius 2 is 2.30 bits per heavy atom. The molecule has 3 N–H and O–H groups in total. The molecule has 0 bridgehead atoms. The smallest absolute Gasteiger partial charge is 0.250 e. The van der Waals surface area contributed by atoms with Crippen molar-refractivity contribution in [3.05, 3.63) is 47.0 Å². The van der Waals surface area contributed by atoms with Gasteiger partial charge in [0.1, 0.15) is 0 Å². The number of nitrogens with one attached hydrogen (secondary N) is 1. The zero-order chi connectivity index (χ0) is 14.1. The lowest BCUT2D eigenvalue weighted by Gasteiger charge is -2.10. The highest BCUT2D eigenvalue weighted by Crippen LogP contribution is 2.35. The topological polar surface area (TPSA) is 72.9 Å². The van der Waals surface area contributed by atoms with Crippen LogP contribution in [0.2, 0.25) is 5.02 Å². The fourth-order valence-corrected chi connectivity index (χ4v) is 2.38. The lowest BCUT2D eigenvalue weighted by molar-refractivity contribution is 0.100. The van der Waals surface area contributed by atoms with Gasteiger partial charge in [-0.25, -0.2) is 4.98 Å². The number of halogens is 1. The summed E-state index contributed by atoms with van der Waals surface area (Å²) in [6, 6.07) is 5.76. The Hall–Kier alpha value is -2.01. The van der Waals surface area contributed by atoms with Crippen molar-refractivity contribution in [1.82, 2.24) is 9.55 Å². The third-order valence-corrected chi connectivity index (χ3v) is 3.72. The Morgan fingerprint density at radius 1 is 1.50 bits per heavy atom. The van der Waals surface area contributed by atoms with Crippen molar-refractivity contribution in [2.45, 2.75) is 25.4 Å². The number of hydrogen-bond acceptors (Lipinski definition) is 3. The molecule has 1 saturated carbocycles. The average Bonchev–Trinajstić information content (AvgIpc) is 3.16. The largest absolute Gasteiger partial charge is 0.379 e. The van der Waals surface area contributed by atoms with E-state index in [-0.39, 0.29) is 0 Å². The molecule has 1 fully saturated rings. The number of rotatable bonds is 5. The van der Waals surface area contributed by atoms with E-state index in [1.54, 1.807) is 12.1 Å². The van der Waals surface area contributed by atoms with Gasteiger partial charge >= 0.3 is 0 Å². The van der Waals surface area contributed by atoms with E-state index in [0.29, 0.717) is 23.2 Å². The van der Waals surface area contributed by atoms with Crippen LogP contribution < -0.4 is 11.1 Å². The van der Waals surface area contributed by atoms with Crippen LogP contribution in [0.1, 0.15) is 34.9 Å². The standard InChI is InChI=1S/C14H15ClN4O/c15-13-4-1-9(5-12(13)14(16)20)18-7-11-6-17-8-19(11)10-2-3-10/h1,4-6,8,10,18H,2-3,7H2,(H2,16,20). The van der Waals surface area contributed by atoms with E-state index in [2.05, 4.69) is 14.9 Å². The predicted octanol–water partition coefficient (Wildman–Crippen LogP) is 2.58. The van der Waals surface area contributed by atoms with Crippen LogP contribution in [0, 0.1) is 0 Å². The molecule has 0 unspecified atom stereocenters. The van der Waals surface area contributed by atoms with Crippen molar-refractivity contribution in [2.24, 2.45) is 5.73 Å². The van der Waals surface area contributed by atoms with E-state index in [1.165, 1.54) is 12.8 Å². The van der Waals surface area contributed by atoms with E-state index in [4.69, 9.17) is 17.3 Å². The molecule has 1 aliphatic rings. The number of hydrogen-bond donors (Lipinski definition) is 2. The molecule has 104 valence electrons. The van der Waals surface area contributed by atoms with Crippen LogP contribution in [0.15, 0.2) is 30.7 Å². The number of nitrogens with two attached hydrogens (primary N) is 1. The second-order valence-corrected chi connectivity index (χ2v) is 5.34. The Morgan fingerprint density at radius 3 is 3.00 bits per heavy atom. The lowest BCUT2D eigenvalue weighted by Crippen LogP contribution is -2.12. The number of nitrogens with zero attached hydrogens (tertiary/aromatic N) is 2. The third kappa shape index (κ3) is 2.63. The summed E-state index contributed by atoms with van der Waals surface area (Å²) in [5.74, 6) is -0.526. The van der Waals surface area contributed by atoms with Crippen molar-refractivity contribution in [3.63, 3.8) is 0 Å². The van der Waals surface area contributed by atoms with Crippen LogP contribution in [0.3, 0.4) is 0 Å². The minimum Gasteiger partial charge on any atom is -0.379 e. The number of carbonyl (C=O) groups is 1. The van der Waals surface area contributed by atoms with Gasteiger partial charge in [0, 0.05) is 17.9 Å². The second-order valence-electron chi connectivity index (χ2n) is 4.94. The molecule has 20 heavy (non-hydrogen) atoms. The van der Waals surface area contributed by atoms with Crippen molar-refractivity contribution < 1.29 is 4.79 Å². The summed E-state index contributed by atoms with van der Waals surface area (Å²) in [5.41, 5.74) is 7.55. The zero-order valence-electron chi connectivity index (χ0n) is 10.8. The Labute approximate surface area is 121 Å². The molecule has 6 heteroatoms. The highest BCUT2D eigenvalue weighted by Gasteiger charge is 2.24. The first-order chi connectivity index (χ1) is 9.65. The number of carbonyl (C=O) groups excluding carboxylic acids is 1. The number of aromatic nitrogens is 2. The van der Waals surface area contributed by atoms with Crippen LogP contribution in [-0.4, -0.2) is 15.5 Å². The summed E-state index contributed by atoms with van der Waals surface area (Å²) >= 11 is 5.92. The Kier molecular flexibility index (Phi) is 3.36. The molecular weight excluding hydrogens is 276 g/mol. The molecule has 0 saturated heterocycles. The van der Waals surface area contributed by atoms with Crippen LogP contribution in [0.4, 0.5) is 5.69 Å². The molecular formula is C14H15ClN4O. The summed E-state index contributed by atoms with van der Waals surface area (Å²) in [6.07, 6.45) is 6.16. The molecule has 0 radical (unpaired) electrons. The highest BCUT2D eigenvalue weighted by atomic mass is 35.5. The number of imidazole rings is 1. The molecule has 1 aliphatic carbocycles. The van der Waals surface area contributed by atoms with Crippen LogP contribution >= 0.6 is 11.6 Å². The van der Waals surface area contributed by atoms with Gasteiger partial charge in [0.2, 0.25) is 5.91 Å². The van der Waals surface area contributed by atoms with Crippen LogP contribution in [0.25, 0.3) is 0 Å². The molecule has 3 rings (SSSR count). The van der Waals surface area contributed by atoms with E-state index in [1.807, 2.05) is 18.6 Å². The maximum absolute atomic E-state index is 11.3.